The monoisotopic (exact) mass is 302 g/mol. The number of rotatable bonds is 2. The molecule has 2 saturated heterocycles. The molecule has 2 heterocycles. The Morgan fingerprint density at radius 2 is 2.05 bits per heavy atom. The molecule has 0 aromatic carbocycles. The van der Waals surface area contributed by atoms with Crippen LogP contribution in [0.1, 0.15) is 32.6 Å². The van der Waals surface area contributed by atoms with E-state index in [1.165, 1.54) is 12.8 Å². The summed E-state index contributed by atoms with van der Waals surface area (Å²) in [4.78, 5) is 14.7. The van der Waals surface area contributed by atoms with Crippen molar-refractivity contribution >= 4 is 18.3 Å². The number of nitrogens with one attached hydrogen (secondary N) is 1. The molecule has 1 N–H and O–H groups in total. The van der Waals surface area contributed by atoms with Gasteiger partial charge in [0.1, 0.15) is 0 Å². The predicted octanol–water partition coefficient (Wildman–Crippen LogP) is 1.68. The first kappa shape index (κ1) is 16.1. The fourth-order valence-electron chi connectivity index (χ4n) is 3.94. The number of amides is 1. The highest BCUT2D eigenvalue weighted by atomic mass is 35.5. The highest BCUT2D eigenvalue weighted by molar-refractivity contribution is 5.85. The average Bonchev–Trinajstić information content (AvgIpc) is 3.12. The van der Waals surface area contributed by atoms with Crippen molar-refractivity contribution in [3.05, 3.63) is 0 Å². The minimum absolute atomic E-state index is 0. The van der Waals surface area contributed by atoms with Gasteiger partial charge in [0.25, 0.3) is 0 Å². The zero-order valence-corrected chi connectivity index (χ0v) is 13.4. The fraction of sp³-hybridized carbons (Fsp3) is 0.933. The van der Waals surface area contributed by atoms with Crippen LogP contribution in [-0.4, -0.2) is 50.2 Å². The molecule has 3 rings (SSSR count). The van der Waals surface area contributed by atoms with Crippen molar-refractivity contribution in [2.45, 2.75) is 38.7 Å². The fourth-order valence-corrected chi connectivity index (χ4v) is 3.94. The Hall–Kier alpha value is -0.320. The van der Waals surface area contributed by atoms with Gasteiger partial charge in [0, 0.05) is 26.1 Å². The summed E-state index contributed by atoms with van der Waals surface area (Å²) >= 11 is 0. The Morgan fingerprint density at radius 1 is 1.35 bits per heavy atom. The molecule has 3 atom stereocenters. The van der Waals surface area contributed by atoms with Crippen molar-refractivity contribution in [3.63, 3.8) is 0 Å². The van der Waals surface area contributed by atoms with Crippen molar-refractivity contribution in [1.29, 1.82) is 0 Å². The van der Waals surface area contributed by atoms with Crippen LogP contribution >= 0.6 is 12.4 Å². The van der Waals surface area contributed by atoms with Crippen molar-refractivity contribution in [2.24, 2.45) is 17.3 Å². The molecule has 5 heteroatoms. The number of carbonyl (C=O) groups excluding carboxylic acids is 1. The molecule has 1 saturated carbocycles. The SMILES string of the molecule is COC1CN(C(=O)C2CC23CCNCC3)CCC1C.Cl. The van der Waals surface area contributed by atoms with Gasteiger partial charge < -0.3 is 15.0 Å². The number of hydrogen-bond donors (Lipinski definition) is 1. The summed E-state index contributed by atoms with van der Waals surface area (Å²) in [7, 11) is 1.76. The van der Waals surface area contributed by atoms with Crippen LogP contribution in [0.3, 0.4) is 0 Å². The second-order valence-electron chi connectivity index (χ2n) is 6.69. The lowest BCUT2D eigenvalue weighted by molar-refractivity contribution is -0.138. The molecule has 0 radical (unpaired) electrons. The molecule has 4 nitrogen and oxygen atoms in total. The van der Waals surface area contributed by atoms with E-state index in [-0.39, 0.29) is 18.5 Å². The van der Waals surface area contributed by atoms with Gasteiger partial charge in [0.05, 0.1) is 6.10 Å². The normalized spacial score (nSPS) is 35.5. The van der Waals surface area contributed by atoms with Crippen LogP contribution in [0, 0.1) is 17.3 Å². The highest BCUT2D eigenvalue weighted by Crippen LogP contribution is 2.59. The van der Waals surface area contributed by atoms with E-state index in [1.807, 2.05) is 0 Å². The van der Waals surface area contributed by atoms with Crippen LogP contribution in [0.5, 0.6) is 0 Å². The maximum Gasteiger partial charge on any atom is 0.226 e. The maximum atomic E-state index is 12.7. The number of ether oxygens (including phenoxy) is 1. The molecule has 116 valence electrons. The van der Waals surface area contributed by atoms with E-state index >= 15 is 0 Å². The summed E-state index contributed by atoms with van der Waals surface area (Å²) in [6.07, 6.45) is 4.78. The molecule has 1 spiro atoms. The van der Waals surface area contributed by atoms with Crippen LogP contribution in [0.2, 0.25) is 0 Å². The van der Waals surface area contributed by atoms with Crippen molar-refractivity contribution < 1.29 is 9.53 Å². The number of hydrogen-bond acceptors (Lipinski definition) is 3. The molecule has 0 aromatic rings. The zero-order valence-electron chi connectivity index (χ0n) is 12.6. The van der Waals surface area contributed by atoms with Gasteiger partial charge in [-0.1, -0.05) is 6.92 Å². The molecule has 3 fully saturated rings. The molecule has 3 unspecified atom stereocenters. The standard InChI is InChI=1S/C15H26N2O2.ClH/c1-11-3-8-17(10-13(11)19-2)14(18)12-9-15(12)4-6-16-7-5-15;/h11-13,16H,3-10H2,1-2H3;1H. The minimum atomic E-state index is 0. The Balaban J connectivity index is 0.00000147. The van der Waals surface area contributed by atoms with Crippen molar-refractivity contribution in [1.82, 2.24) is 10.2 Å². The lowest BCUT2D eigenvalue weighted by atomic mass is 9.90. The van der Waals surface area contributed by atoms with Gasteiger partial charge in [0.2, 0.25) is 5.91 Å². The van der Waals surface area contributed by atoms with E-state index in [1.54, 1.807) is 7.11 Å². The maximum absolute atomic E-state index is 12.7. The van der Waals surface area contributed by atoms with Crippen molar-refractivity contribution in [2.75, 3.05) is 33.3 Å². The summed E-state index contributed by atoms with van der Waals surface area (Å²) in [6, 6.07) is 0. The summed E-state index contributed by atoms with van der Waals surface area (Å²) < 4.78 is 5.52. The number of halogens is 1. The molecular weight excluding hydrogens is 276 g/mol. The topological polar surface area (TPSA) is 41.6 Å². The number of piperidine rings is 2. The second kappa shape index (κ2) is 6.20. The second-order valence-corrected chi connectivity index (χ2v) is 6.69. The molecule has 1 aliphatic carbocycles. The van der Waals surface area contributed by atoms with Crippen LogP contribution in [-0.2, 0) is 9.53 Å². The summed E-state index contributed by atoms with van der Waals surface area (Å²) in [5, 5.41) is 3.40. The van der Waals surface area contributed by atoms with E-state index in [0.29, 0.717) is 23.2 Å². The lowest BCUT2D eigenvalue weighted by Gasteiger charge is -2.37. The third-order valence-corrected chi connectivity index (χ3v) is 5.59. The van der Waals surface area contributed by atoms with Gasteiger partial charge in [-0.15, -0.1) is 12.4 Å². The zero-order chi connectivity index (χ0) is 13.5. The Labute approximate surface area is 128 Å². The van der Waals surface area contributed by atoms with E-state index in [9.17, 15) is 4.79 Å². The third kappa shape index (κ3) is 2.83. The first-order chi connectivity index (χ1) is 9.16. The molecule has 1 amide bonds. The molecule has 2 aliphatic heterocycles. The first-order valence-electron chi connectivity index (χ1n) is 7.68. The third-order valence-electron chi connectivity index (χ3n) is 5.59. The molecular formula is C15H27ClN2O2. The first-order valence-corrected chi connectivity index (χ1v) is 7.68. The molecule has 3 aliphatic rings. The summed E-state index contributed by atoms with van der Waals surface area (Å²) in [5.74, 6) is 1.28. The van der Waals surface area contributed by atoms with E-state index in [2.05, 4.69) is 17.1 Å². The van der Waals surface area contributed by atoms with Gasteiger partial charge in [-0.05, 0) is 50.1 Å². The minimum Gasteiger partial charge on any atom is -0.379 e. The molecule has 0 bridgehead atoms. The predicted molar refractivity (Wildman–Crippen MR) is 81.0 cm³/mol. The van der Waals surface area contributed by atoms with E-state index < -0.39 is 0 Å². The van der Waals surface area contributed by atoms with Crippen LogP contribution in [0.25, 0.3) is 0 Å². The van der Waals surface area contributed by atoms with Gasteiger partial charge in [-0.3, -0.25) is 4.79 Å². The Bertz CT molecular complexity index is 358. The van der Waals surface area contributed by atoms with Crippen LogP contribution in [0.15, 0.2) is 0 Å². The smallest absolute Gasteiger partial charge is 0.226 e. The number of methoxy groups -OCH3 is 1. The van der Waals surface area contributed by atoms with Gasteiger partial charge in [-0.25, -0.2) is 0 Å². The molecule has 20 heavy (non-hydrogen) atoms. The van der Waals surface area contributed by atoms with Gasteiger partial charge >= 0.3 is 0 Å². The van der Waals surface area contributed by atoms with Crippen LogP contribution in [0.4, 0.5) is 0 Å². The van der Waals surface area contributed by atoms with Gasteiger partial charge in [-0.2, -0.15) is 0 Å². The number of nitrogens with zero attached hydrogens (tertiary/aromatic N) is 1. The van der Waals surface area contributed by atoms with E-state index in [4.69, 9.17) is 4.74 Å². The van der Waals surface area contributed by atoms with Crippen LogP contribution < -0.4 is 5.32 Å². The number of likely N-dealkylation sites (tertiary alicyclic amines) is 1. The Morgan fingerprint density at radius 3 is 2.70 bits per heavy atom. The summed E-state index contributed by atoms with van der Waals surface area (Å²) in [5.41, 5.74) is 0.355. The number of carbonyl (C=O) groups is 1. The molecule has 0 aromatic heterocycles. The largest absolute Gasteiger partial charge is 0.379 e. The average molecular weight is 303 g/mol. The van der Waals surface area contributed by atoms with Crippen molar-refractivity contribution in [3.8, 4) is 0 Å². The highest BCUT2D eigenvalue weighted by Gasteiger charge is 2.58. The van der Waals surface area contributed by atoms with E-state index in [0.717, 1.165) is 39.0 Å². The quantitative estimate of drug-likeness (QED) is 0.844. The summed E-state index contributed by atoms with van der Waals surface area (Å²) in [6.45, 7) is 6.11. The lowest BCUT2D eigenvalue weighted by Crippen LogP contribution is -2.48. The Kier molecular flexibility index (Phi) is 4.98. The van der Waals surface area contributed by atoms with Gasteiger partial charge in [0.15, 0.2) is 0 Å².